The average molecular weight is 196 g/mol. The van der Waals surface area contributed by atoms with Gasteiger partial charge < -0.3 is 10.6 Å². The summed E-state index contributed by atoms with van der Waals surface area (Å²) in [6.45, 7) is 3.43. The first-order chi connectivity index (χ1) is 6.68. The molecule has 2 aliphatic rings. The van der Waals surface area contributed by atoms with Gasteiger partial charge in [0, 0.05) is 32.0 Å². The van der Waals surface area contributed by atoms with Crippen molar-refractivity contribution in [1.82, 2.24) is 4.90 Å². The molecule has 2 N–H and O–H groups in total. The van der Waals surface area contributed by atoms with E-state index in [0.29, 0.717) is 12.0 Å². The predicted molar refractivity (Wildman–Crippen MR) is 55.7 cm³/mol. The highest BCUT2D eigenvalue weighted by atomic mass is 16.2. The third-order valence-electron chi connectivity index (χ3n) is 3.84. The van der Waals surface area contributed by atoms with Crippen molar-refractivity contribution in [3.8, 4) is 0 Å². The van der Waals surface area contributed by atoms with Gasteiger partial charge in [-0.15, -0.1) is 0 Å². The van der Waals surface area contributed by atoms with E-state index in [0.717, 1.165) is 19.0 Å². The highest BCUT2D eigenvalue weighted by Gasteiger charge is 2.37. The summed E-state index contributed by atoms with van der Waals surface area (Å²) in [5, 5.41) is 0. The Morgan fingerprint density at radius 2 is 1.86 bits per heavy atom. The van der Waals surface area contributed by atoms with E-state index in [4.69, 9.17) is 5.73 Å². The molecule has 80 valence electrons. The number of likely N-dealkylation sites (tertiary alicyclic amines) is 1. The monoisotopic (exact) mass is 196 g/mol. The number of carbonyl (C=O) groups excluding carboxylic acids is 1. The zero-order chi connectivity index (χ0) is 10.1. The summed E-state index contributed by atoms with van der Waals surface area (Å²) in [4.78, 5) is 12.9. The quantitative estimate of drug-likeness (QED) is 0.715. The summed E-state index contributed by atoms with van der Waals surface area (Å²) >= 11 is 0. The van der Waals surface area contributed by atoms with Crippen LogP contribution in [-0.2, 0) is 4.79 Å². The van der Waals surface area contributed by atoms with E-state index in [1.165, 1.54) is 25.7 Å². The van der Waals surface area contributed by atoms with Crippen LogP contribution in [0.1, 0.15) is 32.6 Å². The van der Waals surface area contributed by atoms with Gasteiger partial charge in [-0.05, 0) is 18.8 Å². The van der Waals surface area contributed by atoms with Gasteiger partial charge in [0.1, 0.15) is 0 Å². The zero-order valence-corrected chi connectivity index (χ0v) is 8.91. The fourth-order valence-corrected chi connectivity index (χ4v) is 2.74. The van der Waals surface area contributed by atoms with Gasteiger partial charge in [-0.1, -0.05) is 12.8 Å². The molecule has 1 saturated heterocycles. The number of nitrogens with zero attached hydrogens (tertiary/aromatic N) is 1. The molecular weight excluding hydrogens is 176 g/mol. The van der Waals surface area contributed by atoms with Crippen molar-refractivity contribution >= 4 is 5.91 Å². The molecule has 0 bridgehead atoms. The van der Waals surface area contributed by atoms with Crippen LogP contribution in [0.15, 0.2) is 0 Å². The van der Waals surface area contributed by atoms with Gasteiger partial charge in [-0.25, -0.2) is 0 Å². The second kappa shape index (κ2) is 3.89. The van der Waals surface area contributed by atoms with Crippen LogP contribution in [0.5, 0.6) is 0 Å². The Morgan fingerprint density at radius 3 is 2.36 bits per heavy atom. The molecule has 0 aromatic heterocycles. The molecule has 1 saturated carbocycles. The Balaban J connectivity index is 1.78. The van der Waals surface area contributed by atoms with E-state index in [9.17, 15) is 4.79 Å². The van der Waals surface area contributed by atoms with Crippen molar-refractivity contribution in [1.29, 1.82) is 0 Å². The molecule has 1 heterocycles. The van der Waals surface area contributed by atoms with Gasteiger partial charge in [0.05, 0.1) is 0 Å². The summed E-state index contributed by atoms with van der Waals surface area (Å²) in [6.07, 6.45) is 5.30. The molecule has 0 radical (unpaired) electrons. The SMILES string of the molecule is CC(=O)N1CC(C(N)C2CCCC2)C1. The summed E-state index contributed by atoms with van der Waals surface area (Å²) < 4.78 is 0. The lowest BCUT2D eigenvalue weighted by Gasteiger charge is -2.43. The van der Waals surface area contributed by atoms with Gasteiger partial charge in [0.15, 0.2) is 0 Å². The second-order valence-electron chi connectivity index (χ2n) is 4.81. The Bertz CT molecular complexity index is 217. The Labute approximate surface area is 85.6 Å². The van der Waals surface area contributed by atoms with Crippen LogP contribution in [-0.4, -0.2) is 29.9 Å². The van der Waals surface area contributed by atoms with Crippen LogP contribution < -0.4 is 5.73 Å². The standard InChI is InChI=1S/C11H20N2O/c1-8(14)13-6-10(7-13)11(12)9-4-2-3-5-9/h9-11H,2-7,12H2,1H3. The largest absolute Gasteiger partial charge is 0.342 e. The van der Waals surface area contributed by atoms with Crippen LogP contribution in [0.25, 0.3) is 0 Å². The van der Waals surface area contributed by atoms with Crippen LogP contribution in [0, 0.1) is 11.8 Å². The molecule has 1 amide bonds. The number of carbonyl (C=O) groups is 1. The molecule has 0 aromatic carbocycles. The Hall–Kier alpha value is -0.570. The van der Waals surface area contributed by atoms with E-state index >= 15 is 0 Å². The third kappa shape index (κ3) is 1.78. The van der Waals surface area contributed by atoms with E-state index in [1.807, 2.05) is 4.90 Å². The van der Waals surface area contributed by atoms with Crippen LogP contribution in [0.2, 0.25) is 0 Å². The number of hydrogen-bond acceptors (Lipinski definition) is 2. The molecule has 2 fully saturated rings. The first-order valence-electron chi connectivity index (χ1n) is 5.69. The van der Waals surface area contributed by atoms with Crippen molar-refractivity contribution in [2.45, 2.75) is 38.6 Å². The minimum absolute atomic E-state index is 0.194. The summed E-state index contributed by atoms with van der Waals surface area (Å²) in [5.41, 5.74) is 6.21. The first-order valence-corrected chi connectivity index (χ1v) is 5.69. The molecular formula is C11H20N2O. The minimum atomic E-state index is 0.194. The summed E-state index contributed by atoms with van der Waals surface area (Å²) in [6, 6.07) is 0.341. The molecule has 0 aromatic rings. The number of hydrogen-bond donors (Lipinski definition) is 1. The zero-order valence-electron chi connectivity index (χ0n) is 8.91. The lowest BCUT2D eigenvalue weighted by Crippen LogP contribution is -2.57. The molecule has 3 heteroatoms. The first kappa shape index (κ1) is 9.97. The highest BCUT2D eigenvalue weighted by molar-refractivity contribution is 5.74. The van der Waals surface area contributed by atoms with Crippen LogP contribution in [0.4, 0.5) is 0 Å². The Morgan fingerprint density at radius 1 is 1.29 bits per heavy atom. The number of rotatable bonds is 2. The van der Waals surface area contributed by atoms with Crippen molar-refractivity contribution < 1.29 is 4.79 Å². The molecule has 2 rings (SSSR count). The maximum absolute atomic E-state index is 11.0. The van der Waals surface area contributed by atoms with E-state index in [1.54, 1.807) is 6.92 Å². The van der Waals surface area contributed by atoms with E-state index in [2.05, 4.69) is 0 Å². The topological polar surface area (TPSA) is 46.3 Å². The fraction of sp³-hybridized carbons (Fsp3) is 0.909. The lowest BCUT2D eigenvalue weighted by molar-refractivity contribution is -0.135. The number of nitrogens with two attached hydrogens (primary N) is 1. The summed E-state index contributed by atoms with van der Waals surface area (Å²) in [5.74, 6) is 1.50. The maximum atomic E-state index is 11.0. The molecule has 1 atom stereocenters. The van der Waals surface area contributed by atoms with Crippen LogP contribution >= 0.6 is 0 Å². The average Bonchev–Trinajstić information content (AvgIpc) is 2.51. The van der Waals surface area contributed by atoms with Crippen molar-refractivity contribution in [3.05, 3.63) is 0 Å². The highest BCUT2D eigenvalue weighted by Crippen LogP contribution is 2.32. The van der Waals surface area contributed by atoms with Gasteiger partial charge in [0.2, 0.25) is 5.91 Å². The van der Waals surface area contributed by atoms with E-state index in [-0.39, 0.29) is 5.91 Å². The second-order valence-corrected chi connectivity index (χ2v) is 4.81. The summed E-state index contributed by atoms with van der Waals surface area (Å²) in [7, 11) is 0. The van der Waals surface area contributed by atoms with Crippen molar-refractivity contribution in [3.63, 3.8) is 0 Å². The minimum Gasteiger partial charge on any atom is -0.342 e. The molecule has 1 aliphatic heterocycles. The molecule has 14 heavy (non-hydrogen) atoms. The van der Waals surface area contributed by atoms with Gasteiger partial charge in [-0.3, -0.25) is 4.79 Å². The molecule has 1 unspecified atom stereocenters. The molecule has 3 nitrogen and oxygen atoms in total. The normalized spacial score (nSPS) is 26.3. The van der Waals surface area contributed by atoms with E-state index < -0.39 is 0 Å². The Kier molecular flexibility index (Phi) is 2.77. The van der Waals surface area contributed by atoms with Gasteiger partial charge in [-0.2, -0.15) is 0 Å². The van der Waals surface area contributed by atoms with Crippen LogP contribution in [0.3, 0.4) is 0 Å². The van der Waals surface area contributed by atoms with Gasteiger partial charge >= 0.3 is 0 Å². The number of amides is 1. The predicted octanol–water partition coefficient (Wildman–Crippen LogP) is 0.982. The molecule has 0 spiro atoms. The maximum Gasteiger partial charge on any atom is 0.219 e. The lowest BCUT2D eigenvalue weighted by atomic mass is 9.83. The smallest absolute Gasteiger partial charge is 0.219 e. The fourth-order valence-electron chi connectivity index (χ4n) is 2.74. The van der Waals surface area contributed by atoms with Crippen molar-refractivity contribution in [2.24, 2.45) is 17.6 Å². The van der Waals surface area contributed by atoms with Gasteiger partial charge in [0.25, 0.3) is 0 Å². The molecule has 1 aliphatic carbocycles. The van der Waals surface area contributed by atoms with Crippen molar-refractivity contribution in [2.75, 3.05) is 13.1 Å². The third-order valence-corrected chi connectivity index (χ3v) is 3.84.